The Hall–Kier alpha value is -1.62. The van der Waals surface area contributed by atoms with Crippen molar-refractivity contribution in [2.24, 2.45) is 7.05 Å². The number of hydrogen-bond donors (Lipinski definition) is 1. The molecule has 0 aromatic carbocycles. The molecule has 0 unspecified atom stereocenters. The van der Waals surface area contributed by atoms with E-state index in [9.17, 15) is 0 Å². The molecule has 0 aliphatic carbocycles. The van der Waals surface area contributed by atoms with Crippen molar-refractivity contribution in [3.05, 3.63) is 30.5 Å². The molecule has 2 aromatic rings. The molecule has 0 aliphatic heterocycles. The third-order valence-electron chi connectivity index (χ3n) is 1.96. The van der Waals surface area contributed by atoms with Gasteiger partial charge in [0.15, 0.2) is 5.82 Å². The molecule has 0 spiro atoms. The molecule has 0 amide bonds. The van der Waals surface area contributed by atoms with Gasteiger partial charge in [-0.05, 0) is 7.05 Å². The second kappa shape index (κ2) is 3.63. The zero-order chi connectivity index (χ0) is 9.97. The highest BCUT2D eigenvalue weighted by atomic mass is 15.3. The predicted octanol–water partition coefficient (Wildman–Crippen LogP) is 0.325. The lowest BCUT2D eigenvalue weighted by molar-refractivity contribution is 0.750. The fraction of sp³-hybridized carbons (Fsp3) is 0.333. The third kappa shape index (κ3) is 1.67. The smallest absolute Gasteiger partial charge is 0.159 e. The minimum atomic E-state index is 0.778. The predicted molar refractivity (Wildman–Crippen MR) is 53.1 cm³/mol. The molecule has 0 aliphatic rings. The third-order valence-corrected chi connectivity index (χ3v) is 1.96. The second-order valence-electron chi connectivity index (χ2n) is 3.15. The first-order chi connectivity index (χ1) is 6.79. The van der Waals surface area contributed by atoms with Crippen LogP contribution in [0.1, 0.15) is 5.69 Å². The van der Waals surface area contributed by atoms with Crippen molar-refractivity contribution < 1.29 is 0 Å². The molecular formula is C9H13N5. The summed E-state index contributed by atoms with van der Waals surface area (Å²) in [6.07, 6.45) is 5.65. The van der Waals surface area contributed by atoms with E-state index in [0.717, 1.165) is 18.1 Å². The van der Waals surface area contributed by atoms with Gasteiger partial charge in [0.05, 0.1) is 5.69 Å². The van der Waals surface area contributed by atoms with Gasteiger partial charge in [0.1, 0.15) is 6.33 Å². The maximum atomic E-state index is 4.27. The van der Waals surface area contributed by atoms with Crippen molar-refractivity contribution in [2.75, 3.05) is 7.05 Å². The van der Waals surface area contributed by atoms with Crippen molar-refractivity contribution in [2.45, 2.75) is 6.54 Å². The zero-order valence-corrected chi connectivity index (χ0v) is 8.31. The monoisotopic (exact) mass is 191 g/mol. The summed E-state index contributed by atoms with van der Waals surface area (Å²) in [6, 6.07) is 1.95. The van der Waals surface area contributed by atoms with Gasteiger partial charge in [-0.3, -0.25) is 9.25 Å². The van der Waals surface area contributed by atoms with Gasteiger partial charge < -0.3 is 5.32 Å². The van der Waals surface area contributed by atoms with Crippen LogP contribution in [0.2, 0.25) is 0 Å². The lowest BCUT2D eigenvalue weighted by atomic mass is 10.5. The molecular weight excluding hydrogens is 178 g/mol. The average molecular weight is 191 g/mol. The summed E-state index contributed by atoms with van der Waals surface area (Å²) in [5, 5.41) is 7.33. The van der Waals surface area contributed by atoms with Crippen molar-refractivity contribution in [1.29, 1.82) is 0 Å². The zero-order valence-electron chi connectivity index (χ0n) is 8.31. The fourth-order valence-electron chi connectivity index (χ4n) is 1.30. The van der Waals surface area contributed by atoms with E-state index >= 15 is 0 Å². The Morgan fingerprint density at radius 3 is 3.00 bits per heavy atom. The van der Waals surface area contributed by atoms with Gasteiger partial charge in [0, 0.05) is 32.1 Å². The minimum absolute atomic E-state index is 0.778. The maximum absolute atomic E-state index is 4.27. The molecule has 0 saturated heterocycles. The van der Waals surface area contributed by atoms with Crippen molar-refractivity contribution >= 4 is 0 Å². The summed E-state index contributed by atoms with van der Waals surface area (Å²) >= 11 is 0. The molecule has 2 rings (SSSR count). The van der Waals surface area contributed by atoms with Gasteiger partial charge in [0.2, 0.25) is 0 Å². The van der Waals surface area contributed by atoms with Crippen LogP contribution in [0, 0.1) is 0 Å². The standard InChI is InChI=1S/C9H13N5/c1-10-5-8-6-14(7-11-8)9-3-4-13(2)12-9/h3-4,6-7,10H,5H2,1-2H3. The first-order valence-electron chi connectivity index (χ1n) is 4.47. The Bertz CT molecular complexity index is 414. The number of rotatable bonds is 3. The van der Waals surface area contributed by atoms with Crippen LogP contribution in [0.5, 0.6) is 0 Å². The van der Waals surface area contributed by atoms with Crippen LogP contribution >= 0.6 is 0 Å². The summed E-state index contributed by atoms with van der Waals surface area (Å²) < 4.78 is 3.68. The highest BCUT2D eigenvalue weighted by Crippen LogP contribution is 2.04. The molecule has 0 atom stereocenters. The Balaban J connectivity index is 2.24. The molecule has 5 nitrogen and oxygen atoms in total. The number of aromatic nitrogens is 4. The molecule has 74 valence electrons. The number of nitrogens with zero attached hydrogens (tertiary/aromatic N) is 4. The molecule has 0 radical (unpaired) electrons. The van der Waals surface area contributed by atoms with Gasteiger partial charge in [-0.15, -0.1) is 0 Å². The van der Waals surface area contributed by atoms with Gasteiger partial charge in [-0.25, -0.2) is 4.98 Å². The normalized spacial score (nSPS) is 10.7. The van der Waals surface area contributed by atoms with E-state index in [2.05, 4.69) is 15.4 Å². The molecule has 14 heavy (non-hydrogen) atoms. The summed E-state index contributed by atoms with van der Waals surface area (Å²) in [5.74, 6) is 0.891. The lowest BCUT2D eigenvalue weighted by Crippen LogP contribution is -2.04. The molecule has 2 aromatic heterocycles. The average Bonchev–Trinajstić information content (AvgIpc) is 2.74. The minimum Gasteiger partial charge on any atom is -0.314 e. The van der Waals surface area contributed by atoms with Gasteiger partial charge >= 0.3 is 0 Å². The van der Waals surface area contributed by atoms with Crippen molar-refractivity contribution in [3.8, 4) is 5.82 Å². The number of nitrogens with one attached hydrogen (secondary N) is 1. The van der Waals surface area contributed by atoms with Crippen LogP contribution in [0.3, 0.4) is 0 Å². The Kier molecular flexibility index (Phi) is 2.32. The molecule has 0 fully saturated rings. The second-order valence-corrected chi connectivity index (χ2v) is 3.15. The first kappa shape index (κ1) is 8.96. The summed E-state index contributed by atoms with van der Waals surface area (Å²) in [5.41, 5.74) is 1.01. The summed E-state index contributed by atoms with van der Waals surface area (Å²) in [7, 11) is 3.80. The van der Waals surface area contributed by atoms with E-state index in [0.29, 0.717) is 0 Å². The Morgan fingerprint density at radius 2 is 2.36 bits per heavy atom. The number of aryl methyl sites for hydroxylation is 1. The SMILES string of the molecule is CNCc1cn(-c2ccn(C)n2)cn1. The van der Waals surface area contributed by atoms with E-state index in [1.54, 1.807) is 11.0 Å². The van der Waals surface area contributed by atoms with Crippen LogP contribution in [0.25, 0.3) is 5.82 Å². The van der Waals surface area contributed by atoms with E-state index < -0.39 is 0 Å². The fourth-order valence-corrected chi connectivity index (χ4v) is 1.30. The maximum Gasteiger partial charge on any atom is 0.159 e. The Morgan fingerprint density at radius 1 is 1.50 bits per heavy atom. The van der Waals surface area contributed by atoms with Crippen LogP contribution in [-0.2, 0) is 13.6 Å². The van der Waals surface area contributed by atoms with Gasteiger partial charge in [0.25, 0.3) is 0 Å². The topological polar surface area (TPSA) is 47.7 Å². The molecule has 2 heterocycles. The molecule has 0 bridgehead atoms. The van der Waals surface area contributed by atoms with Crippen LogP contribution in [0.4, 0.5) is 0 Å². The van der Waals surface area contributed by atoms with Crippen LogP contribution in [0.15, 0.2) is 24.8 Å². The molecule has 0 saturated carbocycles. The van der Waals surface area contributed by atoms with E-state index in [1.165, 1.54) is 0 Å². The number of hydrogen-bond acceptors (Lipinski definition) is 3. The highest BCUT2D eigenvalue weighted by Gasteiger charge is 2.01. The number of imidazole rings is 1. The molecule has 5 heteroatoms. The summed E-state index contributed by atoms with van der Waals surface area (Å²) in [4.78, 5) is 4.24. The van der Waals surface area contributed by atoms with Crippen LogP contribution < -0.4 is 5.32 Å². The van der Waals surface area contributed by atoms with Crippen molar-refractivity contribution in [3.63, 3.8) is 0 Å². The van der Waals surface area contributed by atoms with E-state index in [1.807, 2.05) is 37.1 Å². The van der Waals surface area contributed by atoms with Crippen LogP contribution in [-0.4, -0.2) is 26.4 Å². The molecule has 1 N–H and O–H groups in total. The largest absolute Gasteiger partial charge is 0.314 e. The van der Waals surface area contributed by atoms with E-state index in [4.69, 9.17) is 0 Å². The quantitative estimate of drug-likeness (QED) is 0.760. The Labute approximate surface area is 82.4 Å². The van der Waals surface area contributed by atoms with Gasteiger partial charge in [-0.2, -0.15) is 5.10 Å². The van der Waals surface area contributed by atoms with Gasteiger partial charge in [-0.1, -0.05) is 0 Å². The van der Waals surface area contributed by atoms with Crippen molar-refractivity contribution in [1.82, 2.24) is 24.6 Å². The highest BCUT2D eigenvalue weighted by molar-refractivity contribution is 5.20. The summed E-state index contributed by atoms with van der Waals surface area (Å²) in [6.45, 7) is 0.778. The lowest BCUT2D eigenvalue weighted by Gasteiger charge is -1.94. The van der Waals surface area contributed by atoms with E-state index in [-0.39, 0.29) is 0 Å². The first-order valence-corrected chi connectivity index (χ1v) is 4.47.